The van der Waals surface area contributed by atoms with E-state index in [0.29, 0.717) is 36.1 Å². The Hall–Kier alpha value is -3.71. The van der Waals surface area contributed by atoms with Gasteiger partial charge in [-0.1, -0.05) is 37.3 Å². The van der Waals surface area contributed by atoms with E-state index in [0.717, 1.165) is 30.5 Å². The summed E-state index contributed by atoms with van der Waals surface area (Å²) in [5, 5.41) is 2.89. The second-order valence-electron chi connectivity index (χ2n) is 7.65. The molecule has 0 saturated carbocycles. The van der Waals surface area contributed by atoms with Gasteiger partial charge in [0.05, 0.1) is 24.7 Å². The number of hydrogen-bond acceptors (Lipinski definition) is 6. The quantitative estimate of drug-likeness (QED) is 0.362. The Labute approximate surface area is 200 Å². The molecule has 3 rings (SSSR count). The summed E-state index contributed by atoms with van der Waals surface area (Å²) in [4.78, 5) is 21.1. The molecule has 0 bridgehead atoms. The van der Waals surface area contributed by atoms with Crippen molar-refractivity contribution in [3.05, 3.63) is 83.5 Å². The first kappa shape index (κ1) is 24.9. The number of aryl methyl sites for hydroxylation is 2. The van der Waals surface area contributed by atoms with Crippen molar-refractivity contribution in [1.82, 2.24) is 9.97 Å². The molecule has 0 unspecified atom stereocenters. The molecule has 0 aliphatic rings. The number of carbonyl (C=O) groups excluding carboxylic acids is 1. The van der Waals surface area contributed by atoms with Crippen molar-refractivity contribution in [2.75, 3.05) is 26.1 Å². The Morgan fingerprint density at radius 1 is 1.06 bits per heavy atom. The van der Waals surface area contributed by atoms with Crippen molar-refractivity contribution in [3.8, 4) is 11.6 Å². The highest BCUT2D eigenvalue weighted by Crippen LogP contribution is 2.29. The summed E-state index contributed by atoms with van der Waals surface area (Å²) in [6, 6.07) is 15.4. The molecule has 0 fully saturated rings. The molecule has 2 aromatic heterocycles. The third kappa shape index (κ3) is 7.42. The van der Waals surface area contributed by atoms with Crippen LogP contribution in [-0.4, -0.2) is 36.7 Å². The summed E-state index contributed by atoms with van der Waals surface area (Å²) < 4.78 is 16.6. The van der Waals surface area contributed by atoms with E-state index in [-0.39, 0.29) is 5.91 Å². The Morgan fingerprint density at radius 3 is 2.56 bits per heavy atom. The lowest BCUT2D eigenvalue weighted by atomic mass is 10.1. The van der Waals surface area contributed by atoms with Crippen LogP contribution in [0, 0.1) is 0 Å². The van der Waals surface area contributed by atoms with Gasteiger partial charge in [-0.2, -0.15) is 0 Å². The van der Waals surface area contributed by atoms with E-state index < -0.39 is 0 Å². The lowest BCUT2D eigenvalue weighted by molar-refractivity contribution is -0.116. The number of benzene rings is 1. The van der Waals surface area contributed by atoms with E-state index >= 15 is 0 Å². The molecule has 7 heteroatoms. The predicted molar refractivity (Wildman–Crippen MR) is 133 cm³/mol. The molecular formula is C27H31N3O4. The number of hydrogen-bond donors (Lipinski definition) is 1. The van der Waals surface area contributed by atoms with Crippen LogP contribution in [0.15, 0.2) is 66.7 Å². The number of nitrogens with zero attached hydrogens (tertiary/aromatic N) is 2. The fourth-order valence-corrected chi connectivity index (χ4v) is 3.43. The highest BCUT2D eigenvalue weighted by Gasteiger charge is 2.12. The topological polar surface area (TPSA) is 82.6 Å². The third-order valence-electron chi connectivity index (χ3n) is 5.17. The third-order valence-corrected chi connectivity index (χ3v) is 5.17. The maximum absolute atomic E-state index is 12.3. The van der Waals surface area contributed by atoms with Crippen molar-refractivity contribution in [2.45, 2.75) is 32.6 Å². The molecule has 0 radical (unpaired) electrons. The first-order valence-corrected chi connectivity index (χ1v) is 11.3. The lowest BCUT2D eigenvalue weighted by Crippen LogP contribution is -2.11. The number of pyridine rings is 2. The smallest absolute Gasteiger partial charge is 0.224 e. The largest absolute Gasteiger partial charge is 0.499 e. The van der Waals surface area contributed by atoms with E-state index in [1.165, 1.54) is 5.56 Å². The minimum atomic E-state index is -0.0363. The molecule has 1 N–H and O–H groups in total. The van der Waals surface area contributed by atoms with Crippen molar-refractivity contribution >= 4 is 17.7 Å². The fraction of sp³-hybridized carbons (Fsp3) is 0.296. The van der Waals surface area contributed by atoms with E-state index in [1.807, 2.05) is 31.2 Å². The predicted octanol–water partition coefficient (Wildman–Crippen LogP) is 5.43. The first-order valence-electron chi connectivity index (χ1n) is 11.3. The van der Waals surface area contributed by atoms with Crippen LogP contribution in [0.5, 0.6) is 11.6 Å². The van der Waals surface area contributed by atoms with Crippen LogP contribution in [0.25, 0.3) is 6.08 Å². The summed E-state index contributed by atoms with van der Waals surface area (Å²) in [5.41, 5.74) is 3.55. The molecule has 1 amide bonds. The molecule has 3 aromatic rings. The van der Waals surface area contributed by atoms with Gasteiger partial charge >= 0.3 is 0 Å². The average Bonchev–Trinajstić information content (AvgIpc) is 2.86. The number of carbonyl (C=O) groups is 1. The van der Waals surface area contributed by atoms with Crippen LogP contribution >= 0.6 is 0 Å². The van der Waals surface area contributed by atoms with Gasteiger partial charge in [0.1, 0.15) is 18.1 Å². The van der Waals surface area contributed by atoms with Crippen LogP contribution in [-0.2, 0) is 27.1 Å². The average molecular weight is 462 g/mol. The van der Waals surface area contributed by atoms with Gasteiger partial charge < -0.3 is 19.5 Å². The van der Waals surface area contributed by atoms with E-state index in [9.17, 15) is 4.79 Å². The maximum Gasteiger partial charge on any atom is 0.224 e. The second kappa shape index (κ2) is 13.1. The molecule has 0 aliphatic heterocycles. The number of anilines is 1. The van der Waals surface area contributed by atoms with Crippen molar-refractivity contribution in [3.63, 3.8) is 0 Å². The van der Waals surface area contributed by atoms with Crippen LogP contribution in [0.3, 0.4) is 0 Å². The second-order valence-corrected chi connectivity index (χ2v) is 7.65. The number of nitrogens with one attached hydrogen (secondary N) is 1. The van der Waals surface area contributed by atoms with Crippen molar-refractivity contribution in [1.29, 1.82) is 0 Å². The fourth-order valence-electron chi connectivity index (χ4n) is 3.43. The molecule has 0 spiro atoms. The van der Waals surface area contributed by atoms with Gasteiger partial charge in [-0.15, -0.1) is 0 Å². The zero-order valence-electron chi connectivity index (χ0n) is 19.9. The highest BCUT2D eigenvalue weighted by molar-refractivity contribution is 5.90. The molecular weight excluding hydrogens is 430 g/mol. The van der Waals surface area contributed by atoms with E-state index in [4.69, 9.17) is 14.2 Å². The molecule has 0 atom stereocenters. The number of aromatic nitrogens is 2. The monoisotopic (exact) mass is 461 g/mol. The first-order chi connectivity index (χ1) is 16.6. The Balaban J connectivity index is 1.62. The number of rotatable bonds is 12. The Bertz CT molecular complexity index is 1080. The Morgan fingerprint density at radius 2 is 1.88 bits per heavy atom. The molecule has 7 nitrogen and oxygen atoms in total. The van der Waals surface area contributed by atoms with E-state index in [2.05, 4.69) is 27.4 Å². The molecule has 2 heterocycles. The van der Waals surface area contributed by atoms with Crippen LogP contribution in [0.2, 0.25) is 0 Å². The summed E-state index contributed by atoms with van der Waals surface area (Å²) in [6.07, 6.45) is 8.01. The summed E-state index contributed by atoms with van der Waals surface area (Å²) in [5.74, 6) is 1.65. The number of ether oxygens (including phenoxy) is 3. The van der Waals surface area contributed by atoms with Gasteiger partial charge in [0.2, 0.25) is 11.8 Å². The molecule has 178 valence electrons. The highest BCUT2D eigenvalue weighted by atomic mass is 16.5. The standard InChI is InChI=1S/C27H31N3O4/c1-4-24-23(17-22(33-3)19-32-2)25(15-16-28-24)34-27-14-13-21(18-29-27)30-26(31)12-8-11-20-9-6-5-7-10-20/h5-7,9-10,13-18H,4,8,11-12,19H2,1-3H3,(H,30,31)/b22-17+. The normalized spacial score (nSPS) is 11.2. The lowest BCUT2D eigenvalue weighted by Gasteiger charge is -2.13. The maximum atomic E-state index is 12.3. The molecule has 1 aromatic carbocycles. The SMILES string of the molecule is CCc1nccc(Oc2ccc(NC(=O)CCCc3ccccc3)cn2)c1/C=C(\COC)OC. The number of amides is 1. The molecule has 0 aliphatic carbocycles. The van der Waals surface area contributed by atoms with Gasteiger partial charge in [-0.3, -0.25) is 9.78 Å². The molecule has 34 heavy (non-hydrogen) atoms. The summed E-state index contributed by atoms with van der Waals surface area (Å²) in [6.45, 7) is 2.37. The zero-order chi connectivity index (χ0) is 24.2. The van der Waals surface area contributed by atoms with Crippen molar-refractivity contribution < 1.29 is 19.0 Å². The summed E-state index contributed by atoms with van der Waals surface area (Å²) in [7, 11) is 3.21. The van der Waals surface area contributed by atoms with Gasteiger partial charge in [-0.25, -0.2) is 4.98 Å². The van der Waals surface area contributed by atoms with Crippen molar-refractivity contribution in [2.24, 2.45) is 0 Å². The zero-order valence-corrected chi connectivity index (χ0v) is 19.9. The van der Waals surface area contributed by atoms with Gasteiger partial charge in [0, 0.05) is 31.4 Å². The Kier molecular flexibility index (Phi) is 9.61. The van der Waals surface area contributed by atoms with Crippen LogP contribution < -0.4 is 10.1 Å². The van der Waals surface area contributed by atoms with Crippen LogP contribution in [0.4, 0.5) is 5.69 Å². The minimum absolute atomic E-state index is 0.0363. The van der Waals surface area contributed by atoms with Gasteiger partial charge in [0.25, 0.3) is 0 Å². The minimum Gasteiger partial charge on any atom is -0.499 e. The van der Waals surface area contributed by atoms with E-state index in [1.54, 1.807) is 44.8 Å². The summed E-state index contributed by atoms with van der Waals surface area (Å²) >= 11 is 0. The molecule has 0 saturated heterocycles. The van der Waals surface area contributed by atoms with Crippen LogP contribution in [0.1, 0.15) is 36.6 Å². The van der Waals surface area contributed by atoms with Gasteiger partial charge in [0.15, 0.2) is 0 Å². The number of methoxy groups -OCH3 is 2. The van der Waals surface area contributed by atoms with Gasteiger partial charge in [-0.05, 0) is 43.0 Å².